The maximum Gasteiger partial charge on any atom is 0.275 e. The number of methoxy groups -OCH3 is 1. The van der Waals surface area contributed by atoms with Crippen LogP contribution in [-0.4, -0.2) is 84.4 Å². The third-order valence-electron chi connectivity index (χ3n) is 5.03. The average Bonchev–Trinajstić information content (AvgIpc) is 2.74. The second-order valence-corrected chi connectivity index (χ2v) is 7.09. The number of hydrogen-bond acceptors (Lipinski definition) is 6. The van der Waals surface area contributed by atoms with Crippen molar-refractivity contribution in [1.29, 1.82) is 0 Å². The number of aryl methyl sites for hydroxylation is 1. The van der Waals surface area contributed by atoms with Crippen LogP contribution in [0.5, 0.6) is 0 Å². The van der Waals surface area contributed by atoms with Crippen molar-refractivity contribution >= 4 is 22.6 Å². The van der Waals surface area contributed by atoms with E-state index in [0.29, 0.717) is 56.6 Å². The van der Waals surface area contributed by atoms with Gasteiger partial charge in [0.1, 0.15) is 0 Å². The number of carbonyl (C=O) groups is 2. The number of aromatic nitrogens is 2. The minimum atomic E-state index is -0.224. The van der Waals surface area contributed by atoms with Gasteiger partial charge in [-0.15, -0.1) is 0 Å². The molecule has 0 radical (unpaired) electrons. The highest BCUT2D eigenvalue weighted by atomic mass is 16.5. The highest BCUT2D eigenvalue weighted by Crippen LogP contribution is 2.16. The normalized spacial score (nSPS) is 14.9. The van der Waals surface area contributed by atoms with Crippen molar-refractivity contribution < 1.29 is 14.3 Å². The summed E-state index contributed by atoms with van der Waals surface area (Å²) in [6, 6.07) is 7.03. The zero-order chi connectivity index (χ0) is 20.8. The number of hydrogen-bond donors (Lipinski definition) is 1. The topological polar surface area (TPSA) is 96.8 Å². The molecule has 2 aromatic rings. The molecular formula is C20H27N5O4. The Morgan fingerprint density at radius 3 is 2.52 bits per heavy atom. The molecule has 2 heterocycles. The summed E-state index contributed by atoms with van der Waals surface area (Å²) in [7, 11) is 3.19. The monoisotopic (exact) mass is 401 g/mol. The maximum absolute atomic E-state index is 13.0. The Bertz CT molecular complexity index is 934. The lowest BCUT2D eigenvalue weighted by molar-refractivity contribution is -0.122. The first kappa shape index (κ1) is 20.9. The van der Waals surface area contributed by atoms with Gasteiger partial charge < -0.3 is 15.0 Å². The van der Waals surface area contributed by atoms with E-state index in [0.717, 1.165) is 6.42 Å². The van der Waals surface area contributed by atoms with Crippen molar-refractivity contribution in [2.24, 2.45) is 7.05 Å². The van der Waals surface area contributed by atoms with Crippen LogP contribution in [0.4, 0.5) is 0 Å². The summed E-state index contributed by atoms with van der Waals surface area (Å²) in [6.07, 6.45) is 0.783. The van der Waals surface area contributed by atoms with Gasteiger partial charge in [-0.2, -0.15) is 5.10 Å². The van der Waals surface area contributed by atoms with Crippen molar-refractivity contribution in [2.45, 2.75) is 6.42 Å². The van der Waals surface area contributed by atoms with E-state index >= 15 is 0 Å². The van der Waals surface area contributed by atoms with Crippen LogP contribution in [0, 0.1) is 0 Å². The Morgan fingerprint density at radius 2 is 1.83 bits per heavy atom. The summed E-state index contributed by atoms with van der Waals surface area (Å²) < 4.78 is 6.17. The van der Waals surface area contributed by atoms with Gasteiger partial charge in [0.05, 0.1) is 11.9 Å². The number of benzene rings is 1. The molecule has 29 heavy (non-hydrogen) atoms. The summed E-state index contributed by atoms with van der Waals surface area (Å²) in [4.78, 5) is 41.1. The molecule has 1 N–H and O–H groups in total. The third-order valence-corrected chi connectivity index (χ3v) is 5.03. The molecule has 1 aromatic heterocycles. The van der Waals surface area contributed by atoms with E-state index in [-0.39, 0.29) is 23.1 Å². The standard InChI is InChI=1S/C20H27N5O4/c1-23-19(27)16-7-4-3-6-15(16)18(22-23)20(28)25-11-9-24(10-12-25)14-17(26)21-8-5-13-29-2/h3-4,6-7H,5,8-14H2,1-2H3,(H,21,26). The van der Waals surface area contributed by atoms with Crippen LogP contribution in [0.2, 0.25) is 0 Å². The summed E-state index contributed by atoms with van der Waals surface area (Å²) in [5.74, 6) is -0.216. The van der Waals surface area contributed by atoms with Crippen LogP contribution in [0.15, 0.2) is 29.1 Å². The van der Waals surface area contributed by atoms with E-state index in [1.54, 1.807) is 43.3 Å². The Morgan fingerprint density at radius 1 is 1.14 bits per heavy atom. The molecule has 2 amide bonds. The summed E-state index contributed by atoms with van der Waals surface area (Å²) in [5.41, 5.74) is 0.0607. The SMILES string of the molecule is COCCCNC(=O)CN1CCN(C(=O)c2nn(C)c(=O)c3ccccc23)CC1. The lowest BCUT2D eigenvalue weighted by Crippen LogP contribution is -2.51. The fourth-order valence-electron chi connectivity index (χ4n) is 3.42. The van der Waals surface area contributed by atoms with Gasteiger partial charge in [0.2, 0.25) is 5.91 Å². The molecule has 1 saturated heterocycles. The molecule has 9 heteroatoms. The van der Waals surface area contributed by atoms with Gasteiger partial charge in [0.25, 0.3) is 11.5 Å². The predicted octanol–water partition coefficient (Wildman–Crippen LogP) is -0.156. The number of carbonyl (C=O) groups excluding carboxylic acids is 2. The predicted molar refractivity (Wildman–Crippen MR) is 109 cm³/mol. The molecule has 0 aliphatic carbocycles. The Hall–Kier alpha value is -2.78. The first-order valence-electron chi connectivity index (χ1n) is 9.74. The fraction of sp³-hybridized carbons (Fsp3) is 0.500. The smallest absolute Gasteiger partial charge is 0.275 e. The number of rotatable bonds is 7. The molecule has 1 fully saturated rings. The van der Waals surface area contributed by atoms with Crippen LogP contribution in [0.3, 0.4) is 0 Å². The van der Waals surface area contributed by atoms with Crippen LogP contribution in [-0.2, 0) is 16.6 Å². The largest absolute Gasteiger partial charge is 0.385 e. The second kappa shape index (κ2) is 9.62. The lowest BCUT2D eigenvalue weighted by Gasteiger charge is -2.34. The summed E-state index contributed by atoms with van der Waals surface area (Å²) in [6.45, 7) is 3.77. The Balaban J connectivity index is 1.60. The van der Waals surface area contributed by atoms with Crippen molar-refractivity contribution in [3.63, 3.8) is 0 Å². The van der Waals surface area contributed by atoms with Gasteiger partial charge in [-0.1, -0.05) is 18.2 Å². The van der Waals surface area contributed by atoms with Crippen molar-refractivity contribution in [1.82, 2.24) is 24.9 Å². The van der Waals surface area contributed by atoms with Crippen LogP contribution >= 0.6 is 0 Å². The highest BCUT2D eigenvalue weighted by Gasteiger charge is 2.26. The van der Waals surface area contributed by atoms with E-state index in [2.05, 4.69) is 10.4 Å². The van der Waals surface area contributed by atoms with E-state index in [1.807, 2.05) is 4.90 Å². The number of amides is 2. The minimum Gasteiger partial charge on any atom is -0.385 e. The molecule has 3 rings (SSSR count). The number of nitrogens with one attached hydrogen (secondary N) is 1. The van der Waals surface area contributed by atoms with Crippen LogP contribution in [0.25, 0.3) is 10.8 Å². The molecule has 0 unspecified atom stereocenters. The van der Waals surface area contributed by atoms with E-state index in [4.69, 9.17) is 4.74 Å². The first-order valence-corrected chi connectivity index (χ1v) is 9.74. The maximum atomic E-state index is 13.0. The zero-order valence-electron chi connectivity index (χ0n) is 16.9. The zero-order valence-corrected chi connectivity index (χ0v) is 16.9. The molecule has 1 aliphatic rings. The number of fused-ring (bicyclic) bond motifs is 1. The third kappa shape index (κ3) is 4.99. The molecule has 0 saturated carbocycles. The summed E-state index contributed by atoms with van der Waals surface area (Å²) >= 11 is 0. The van der Waals surface area contributed by atoms with Gasteiger partial charge in [0.15, 0.2) is 5.69 Å². The van der Waals surface area contributed by atoms with Gasteiger partial charge in [0, 0.05) is 58.9 Å². The fourth-order valence-corrected chi connectivity index (χ4v) is 3.42. The highest BCUT2D eigenvalue weighted by molar-refractivity contribution is 6.04. The molecule has 1 aromatic carbocycles. The van der Waals surface area contributed by atoms with Crippen molar-refractivity contribution in [3.8, 4) is 0 Å². The number of piperazine rings is 1. The average molecular weight is 401 g/mol. The van der Waals surface area contributed by atoms with E-state index in [1.165, 1.54) is 4.68 Å². The van der Waals surface area contributed by atoms with Crippen molar-refractivity contribution in [3.05, 3.63) is 40.3 Å². The molecule has 156 valence electrons. The minimum absolute atomic E-state index is 0.0217. The molecule has 9 nitrogen and oxygen atoms in total. The first-order chi connectivity index (χ1) is 14.0. The lowest BCUT2D eigenvalue weighted by atomic mass is 10.1. The van der Waals surface area contributed by atoms with Gasteiger partial charge in [-0.05, 0) is 12.5 Å². The number of ether oxygens (including phenoxy) is 1. The van der Waals surface area contributed by atoms with Gasteiger partial charge in [-0.3, -0.25) is 19.3 Å². The number of nitrogens with zero attached hydrogens (tertiary/aromatic N) is 4. The van der Waals surface area contributed by atoms with Crippen molar-refractivity contribution in [2.75, 3.05) is 53.0 Å². The Labute approximate surface area is 169 Å². The Kier molecular flexibility index (Phi) is 6.95. The van der Waals surface area contributed by atoms with Gasteiger partial charge >= 0.3 is 0 Å². The van der Waals surface area contributed by atoms with Gasteiger partial charge in [-0.25, -0.2) is 4.68 Å². The molecule has 0 bridgehead atoms. The van der Waals surface area contributed by atoms with Crippen LogP contribution < -0.4 is 10.9 Å². The second-order valence-electron chi connectivity index (χ2n) is 7.09. The summed E-state index contributed by atoms with van der Waals surface area (Å²) in [5, 5.41) is 8.14. The molecular weight excluding hydrogens is 374 g/mol. The molecule has 0 spiro atoms. The van der Waals surface area contributed by atoms with Crippen LogP contribution in [0.1, 0.15) is 16.9 Å². The van der Waals surface area contributed by atoms with E-state index in [9.17, 15) is 14.4 Å². The molecule has 0 atom stereocenters. The quantitative estimate of drug-likeness (QED) is 0.648. The molecule has 1 aliphatic heterocycles. The van der Waals surface area contributed by atoms with E-state index < -0.39 is 0 Å².